The zero-order valence-electron chi connectivity index (χ0n) is 13.2. The van der Waals surface area contributed by atoms with E-state index in [0.29, 0.717) is 42.4 Å². The standard InChI is InChI=1S/C18H14F2N4O/c19-13-8-6-12(7-9-13)18-23-17(25-24-18)5-2-10-22-16-4-1-3-15(20)14(16)11-21/h1,3-4,6-9,22H,2,5,10H2. The van der Waals surface area contributed by atoms with Crippen molar-refractivity contribution in [2.45, 2.75) is 12.8 Å². The molecule has 0 spiro atoms. The molecule has 0 saturated carbocycles. The predicted molar refractivity (Wildman–Crippen MR) is 87.6 cm³/mol. The monoisotopic (exact) mass is 340 g/mol. The summed E-state index contributed by atoms with van der Waals surface area (Å²) in [5.74, 6) is -0.0123. The van der Waals surface area contributed by atoms with Crippen LogP contribution < -0.4 is 5.32 Å². The molecule has 126 valence electrons. The number of nitrogens with one attached hydrogen (secondary N) is 1. The van der Waals surface area contributed by atoms with Crippen LogP contribution in [0.2, 0.25) is 0 Å². The van der Waals surface area contributed by atoms with Gasteiger partial charge in [-0.2, -0.15) is 10.2 Å². The van der Waals surface area contributed by atoms with E-state index in [2.05, 4.69) is 15.5 Å². The fourth-order valence-electron chi connectivity index (χ4n) is 2.32. The third-order valence-electron chi connectivity index (χ3n) is 3.58. The van der Waals surface area contributed by atoms with Gasteiger partial charge in [0.15, 0.2) is 0 Å². The van der Waals surface area contributed by atoms with Crippen molar-refractivity contribution in [3.63, 3.8) is 0 Å². The summed E-state index contributed by atoms with van der Waals surface area (Å²) in [6, 6.07) is 12.1. The van der Waals surface area contributed by atoms with Gasteiger partial charge in [0.05, 0.1) is 5.69 Å². The minimum Gasteiger partial charge on any atom is -0.384 e. The van der Waals surface area contributed by atoms with Crippen molar-refractivity contribution in [3.8, 4) is 17.5 Å². The second-order valence-electron chi connectivity index (χ2n) is 5.32. The van der Waals surface area contributed by atoms with Crippen LogP contribution in [0.25, 0.3) is 11.4 Å². The molecule has 0 aliphatic carbocycles. The normalized spacial score (nSPS) is 10.4. The van der Waals surface area contributed by atoms with Gasteiger partial charge in [0.1, 0.15) is 23.3 Å². The lowest BCUT2D eigenvalue weighted by Gasteiger charge is -2.07. The second-order valence-corrected chi connectivity index (χ2v) is 5.32. The topological polar surface area (TPSA) is 74.7 Å². The van der Waals surface area contributed by atoms with Crippen molar-refractivity contribution in [2.24, 2.45) is 0 Å². The molecule has 0 aliphatic rings. The molecule has 5 nitrogen and oxygen atoms in total. The van der Waals surface area contributed by atoms with Crippen LogP contribution >= 0.6 is 0 Å². The summed E-state index contributed by atoms with van der Waals surface area (Å²) >= 11 is 0. The van der Waals surface area contributed by atoms with Crippen LogP contribution in [0.3, 0.4) is 0 Å². The van der Waals surface area contributed by atoms with Crippen molar-refractivity contribution in [2.75, 3.05) is 11.9 Å². The Morgan fingerprint density at radius 1 is 1.12 bits per heavy atom. The number of rotatable bonds is 6. The van der Waals surface area contributed by atoms with Gasteiger partial charge in [-0.3, -0.25) is 0 Å². The maximum Gasteiger partial charge on any atom is 0.227 e. The van der Waals surface area contributed by atoms with Gasteiger partial charge < -0.3 is 9.84 Å². The first-order chi connectivity index (χ1) is 12.2. The quantitative estimate of drug-likeness (QED) is 0.688. The molecule has 0 amide bonds. The maximum absolute atomic E-state index is 13.5. The van der Waals surface area contributed by atoms with E-state index in [0.717, 1.165) is 0 Å². The smallest absolute Gasteiger partial charge is 0.227 e. The zero-order valence-corrected chi connectivity index (χ0v) is 13.2. The van der Waals surface area contributed by atoms with Crippen LogP contribution in [0.1, 0.15) is 17.9 Å². The molecule has 0 bridgehead atoms. The summed E-state index contributed by atoms with van der Waals surface area (Å²) in [6.45, 7) is 0.520. The summed E-state index contributed by atoms with van der Waals surface area (Å²) in [5, 5.41) is 15.9. The molecule has 0 saturated heterocycles. The fourth-order valence-corrected chi connectivity index (χ4v) is 2.32. The Balaban J connectivity index is 1.54. The lowest BCUT2D eigenvalue weighted by atomic mass is 10.2. The number of nitriles is 1. The third-order valence-corrected chi connectivity index (χ3v) is 3.58. The van der Waals surface area contributed by atoms with Gasteiger partial charge in [0, 0.05) is 18.5 Å². The number of aromatic nitrogens is 2. The number of halogens is 2. The number of benzene rings is 2. The maximum atomic E-state index is 13.5. The average molecular weight is 340 g/mol. The molecular weight excluding hydrogens is 326 g/mol. The highest BCUT2D eigenvalue weighted by Crippen LogP contribution is 2.19. The van der Waals surface area contributed by atoms with Gasteiger partial charge in [-0.15, -0.1) is 0 Å². The lowest BCUT2D eigenvalue weighted by molar-refractivity contribution is 0.377. The minimum absolute atomic E-state index is 0.00103. The summed E-state index contributed by atoms with van der Waals surface area (Å²) in [5.41, 5.74) is 1.13. The first kappa shape index (κ1) is 16.6. The molecule has 1 N–H and O–H groups in total. The lowest BCUT2D eigenvalue weighted by Crippen LogP contribution is -2.05. The summed E-state index contributed by atoms with van der Waals surface area (Å²) < 4.78 is 31.6. The van der Waals surface area contributed by atoms with E-state index in [1.165, 1.54) is 18.2 Å². The molecule has 1 heterocycles. The van der Waals surface area contributed by atoms with Crippen molar-refractivity contribution in [1.82, 2.24) is 10.1 Å². The highest BCUT2D eigenvalue weighted by molar-refractivity contribution is 5.57. The molecule has 3 rings (SSSR count). The average Bonchev–Trinajstić information content (AvgIpc) is 3.08. The number of hydrogen-bond acceptors (Lipinski definition) is 5. The number of anilines is 1. The Morgan fingerprint density at radius 3 is 2.68 bits per heavy atom. The Bertz CT molecular complexity index is 900. The second kappa shape index (κ2) is 7.53. The van der Waals surface area contributed by atoms with Crippen molar-refractivity contribution < 1.29 is 13.3 Å². The summed E-state index contributed by atoms with van der Waals surface area (Å²) in [4.78, 5) is 4.26. The van der Waals surface area contributed by atoms with E-state index in [9.17, 15) is 8.78 Å². The Labute approximate surface area is 142 Å². The molecule has 1 aromatic heterocycles. The van der Waals surface area contributed by atoms with Crippen molar-refractivity contribution in [3.05, 3.63) is 65.6 Å². The Kier molecular flexibility index (Phi) is 5.00. The van der Waals surface area contributed by atoms with E-state index >= 15 is 0 Å². The first-order valence-corrected chi connectivity index (χ1v) is 7.68. The van der Waals surface area contributed by atoms with Crippen LogP contribution in [0.5, 0.6) is 0 Å². The molecule has 0 fully saturated rings. The van der Waals surface area contributed by atoms with Crippen molar-refractivity contribution >= 4 is 5.69 Å². The van der Waals surface area contributed by atoms with Gasteiger partial charge in [-0.05, 0) is 42.8 Å². The molecule has 25 heavy (non-hydrogen) atoms. The van der Waals surface area contributed by atoms with Gasteiger partial charge in [-0.1, -0.05) is 11.2 Å². The Morgan fingerprint density at radius 2 is 1.92 bits per heavy atom. The van der Waals surface area contributed by atoms with Crippen LogP contribution in [0.15, 0.2) is 47.0 Å². The summed E-state index contributed by atoms with van der Waals surface area (Å²) in [6.07, 6.45) is 1.19. The highest BCUT2D eigenvalue weighted by atomic mass is 19.1. The van der Waals surface area contributed by atoms with Gasteiger partial charge in [0.2, 0.25) is 11.7 Å². The fraction of sp³-hybridized carbons (Fsp3) is 0.167. The predicted octanol–water partition coefficient (Wildman–Crippen LogP) is 3.93. The van der Waals surface area contributed by atoms with Gasteiger partial charge >= 0.3 is 0 Å². The van der Waals surface area contributed by atoms with Crippen LogP contribution in [0, 0.1) is 23.0 Å². The molecule has 3 aromatic rings. The molecule has 2 aromatic carbocycles. The largest absolute Gasteiger partial charge is 0.384 e. The Hall–Kier alpha value is -3.27. The highest BCUT2D eigenvalue weighted by Gasteiger charge is 2.10. The summed E-state index contributed by atoms with van der Waals surface area (Å²) in [7, 11) is 0. The van der Waals surface area contributed by atoms with E-state index < -0.39 is 5.82 Å². The van der Waals surface area contributed by atoms with E-state index in [1.54, 1.807) is 24.3 Å². The van der Waals surface area contributed by atoms with E-state index in [4.69, 9.17) is 9.78 Å². The van der Waals surface area contributed by atoms with Crippen LogP contribution in [0.4, 0.5) is 14.5 Å². The van der Waals surface area contributed by atoms with Gasteiger partial charge in [-0.25, -0.2) is 8.78 Å². The molecule has 0 radical (unpaired) electrons. The molecule has 0 atom stereocenters. The zero-order chi connectivity index (χ0) is 17.6. The SMILES string of the molecule is N#Cc1c(F)cccc1NCCCc1nc(-c2ccc(F)cc2)no1. The van der Waals surface area contributed by atoms with Gasteiger partial charge in [0.25, 0.3) is 0 Å². The number of hydrogen-bond donors (Lipinski definition) is 1. The molecular formula is C18H14F2N4O. The molecule has 0 unspecified atom stereocenters. The molecule has 7 heteroatoms. The molecule has 0 aliphatic heterocycles. The van der Waals surface area contributed by atoms with Crippen molar-refractivity contribution in [1.29, 1.82) is 5.26 Å². The number of nitrogens with zero attached hydrogens (tertiary/aromatic N) is 3. The van der Waals surface area contributed by atoms with Crippen LogP contribution in [-0.2, 0) is 6.42 Å². The third kappa shape index (κ3) is 3.98. The first-order valence-electron chi connectivity index (χ1n) is 7.68. The minimum atomic E-state index is -0.548. The number of aryl methyl sites for hydroxylation is 1. The van der Waals surface area contributed by atoms with E-state index in [1.807, 2.05) is 6.07 Å². The van der Waals surface area contributed by atoms with Crippen LogP contribution in [-0.4, -0.2) is 16.7 Å². The van der Waals surface area contributed by atoms with E-state index in [-0.39, 0.29) is 11.4 Å².